The van der Waals surface area contributed by atoms with Gasteiger partial charge in [0.05, 0.1) is 5.69 Å². The van der Waals surface area contributed by atoms with Gasteiger partial charge in [-0.2, -0.15) is 0 Å². The first-order valence-electron chi connectivity index (χ1n) is 6.64. The fraction of sp³-hybridized carbons (Fsp3) is 0.786. The minimum atomic E-state index is 0.538. The lowest BCUT2D eigenvalue weighted by molar-refractivity contribution is 0.372. The van der Waals surface area contributed by atoms with E-state index in [1.807, 2.05) is 0 Å². The third-order valence-corrected chi connectivity index (χ3v) is 3.50. The number of hydrogen-bond donors (Lipinski definition) is 0. The number of aromatic nitrogens is 1. The van der Waals surface area contributed by atoms with E-state index in [9.17, 15) is 0 Å². The molecule has 0 aliphatic heterocycles. The zero-order valence-corrected chi connectivity index (χ0v) is 10.9. The maximum Gasteiger partial charge on any atom is 0.143 e. The molecule has 0 saturated heterocycles. The highest BCUT2D eigenvalue weighted by atomic mass is 16.5. The topological polar surface area (TPSA) is 26.0 Å². The average Bonchev–Trinajstić information content (AvgIpc) is 2.97. The molecule has 90 valence electrons. The van der Waals surface area contributed by atoms with Gasteiger partial charge in [0.1, 0.15) is 5.76 Å². The SMILES string of the molecule is CCCC(C)c1noc(C2CC2)c1C(C)C. The Morgan fingerprint density at radius 1 is 1.31 bits per heavy atom. The molecule has 1 aromatic heterocycles. The van der Waals surface area contributed by atoms with Gasteiger partial charge in [0.25, 0.3) is 0 Å². The molecule has 1 aliphatic rings. The normalized spacial score (nSPS) is 18.1. The Labute approximate surface area is 98.4 Å². The highest BCUT2D eigenvalue weighted by Gasteiger charge is 2.33. The van der Waals surface area contributed by atoms with E-state index >= 15 is 0 Å². The lowest BCUT2D eigenvalue weighted by Gasteiger charge is -2.12. The van der Waals surface area contributed by atoms with Crippen molar-refractivity contribution in [1.29, 1.82) is 0 Å². The van der Waals surface area contributed by atoms with Gasteiger partial charge in [-0.05, 0) is 25.2 Å². The highest BCUT2D eigenvalue weighted by Crippen LogP contribution is 2.45. The van der Waals surface area contributed by atoms with Crippen molar-refractivity contribution in [2.45, 2.75) is 71.1 Å². The summed E-state index contributed by atoms with van der Waals surface area (Å²) in [4.78, 5) is 0. The molecule has 1 aliphatic carbocycles. The molecule has 1 heterocycles. The maximum atomic E-state index is 5.60. The molecular weight excluding hydrogens is 198 g/mol. The molecule has 2 rings (SSSR count). The summed E-state index contributed by atoms with van der Waals surface area (Å²) in [5.74, 6) is 2.94. The summed E-state index contributed by atoms with van der Waals surface area (Å²) in [5, 5.41) is 4.34. The van der Waals surface area contributed by atoms with Crippen LogP contribution in [-0.4, -0.2) is 5.16 Å². The third-order valence-electron chi connectivity index (χ3n) is 3.50. The fourth-order valence-corrected chi connectivity index (χ4v) is 2.47. The van der Waals surface area contributed by atoms with Gasteiger partial charge in [-0.15, -0.1) is 0 Å². The summed E-state index contributed by atoms with van der Waals surface area (Å²) in [7, 11) is 0. The molecule has 0 radical (unpaired) electrons. The van der Waals surface area contributed by atoms with E-state index in [4.69, 9.17) is 4.52 Å². The zero-order chi connectivity index (χ0) is 11.7. The van der Waals surface area contributed by atoms with Crippen molar-refractivity contribution in [2.75, 3.05) is 0 Å². The Bertz CT molecular complexity index is 350. The van der Waals surface area contributed by atoms with Gasteiger partial charge in [0, 0.05) is 17.4 Å². The van der Waals surface area contributed by atoms with Gasteiger partial charge in [-0.25, -0.2) is 0 Å². The van der Waals surface area contributed by atoms with E-state index in [1.165, 1.54) is 42.7 Å². The van der Waals surface area contributed by atoms with Crippen LogP contribution < -0.4 is 0 Å². The molecule has 0 N–H and O–H groups in total. The van der Waals surface area contributed by atoms with Crippen molar-refractivity contribution >= 4 is 0 Å². The molecule has 0 spiro atoms. The predicted octanol–water partition coefficient (Wildman–Crippen LogP) is 4.58. The van der Waals surface area contributed by atoms with E-state index < -0.39 is 0 Å². The average molecular weight is 221 g/mol. The van der Waals surface area contributed by atoms with Crippen LogP contribution in [0.2, 0.25) is 0 Å². The lowest BCUT2D eigenvalue weighted by atomic mass is 9.91. The van der Waals surface area contributed by atoms with Crippen LogP contribution in [0.4, 0.5) is 0 Å². The highest BCUT2D eigenvalue weighted by molar-refractivity contribution is 5.33. The van der Waals surface area contributed by atoms with Crippen molar-refractivity contribution in [3.8, 4) is 0 Å². The zero-order valence-electron chi connectivity index (χ0n) is 10.9. The Morgan fingerprint density at radius 2 is 2.00 bits per heavy atom. The molecule has 1 atom stereocenters. The summed E-state index contributed by atoms with van der Waals surface area (Å²) in [6.45, 7) is 9.00. The number of nitrogens with zero attached hydrogens (tertiary/aromatic N) is 1. The molecule has 1 unspecified atom stereocenters. The van der Waals surface area contributed by atoms with Crippen molar-refractivity contribution in [3.05, 3.63) is 17.0 Å². The third kappa shape index (κ3) is 2.16. The van der Waals surface area contributed by atoms with Gasteiger partial charge in [0.2, 0.25) is 0 Å². The van der Waals surface area contributed by atoms with Gasteiger partial charge < -0.3 is 4.52 Å². The smallest absolute Gasteiger partial charge is 0.143 e. The summed E-state index contributed by atoms with van der Waals surface area (Å²) < 4.78 is 5.60. The summed E-state index contributed by atoms with van der Waals surface area (Å²) in [6.07, 6.45) is 4.99. The summed E-state index contributed by atoms with van der Waals surface area (Å²) in [5.41, 5.74) is 2.63. The van der Waals surface area contributed by atoms with Crippen LogP contribution in [0.1, 0.15) is 88.1 Å². The number of rotatable bonds is 5. The minimum absolute atomic E-state index is 0.538. The Hall–Kier alpha value is -0.790. The fourth-order valence-electron chi connectivity index (χ4n) is 2.47. The summed E-state index contributed by atoms with van der Waals surface area (Å²) >= 11 is 0. The van der Waals surface area contributed by atoms with Crippen LogP contribution in [0.5, 0.6) is 0 Å². The molecule has 1 saturated carbocycles. The second kappa shape index (κ2) is 4.60. The van der Waals surface area contributed by atoms with Gasteiger partial charge >= 0.3 is 0 Å². The molecular formula is C14H23NO. The van der Waals surface area contributed by atoms with Crippen LogP contribution in [0.3, 0.4) is 0 Å². The van der Waals surface area contributed by atoms with E-state index in [0.717, 1.165) is 0 Å². The molecule has 1 aromatic rings. The Kier molecular flexibility index (Phi) is 3.36. The first kappa shape index (κ1) is 11.7. The van der Waals surface area contributed by atoms with E-state index in [-0.39, 0.29) is 0 Å². The lowest BCUT2D eigenvalue weighted by Crippen LogP contribution is -2.01. The summed E-state index contributed by atoms with van der Waals surface area (Å²) in [6, 6.07) is 0. The van der Waals surface area contributed by atoms with Crippen LogP contribution in [0, 0.1) is 0 Å². The van der Waals surface area contributed by atoms with E-state index in [2.05, 4.69) is 32.9 Å². The van der Waals surface area contributed by atoms with Crippen LogP contribution in [0.15, 0.2) is 4.52 Å². The van der Waals surface area contributed by atoms with Crippen molar-refractivity contribution in [2.24, 2.45) is 0 Å². The molecule has 0 aromatic carbocycles. The first-order valence-corrected chi connectivity index (χ1v) is 6.64. The molecule has 2 nitrogen and oxygen atoms in total. The quantitative estimate of drug-likeness (QED) is 0.727. The Morgan fingerprint density at radius 3 is 2.50 bits per heavy atom. The predicted molar refractivity (Wildman–Crippen MR) is 65.9 cm³/mol. The van der Waals surface area contributed by atoms with Gasteiger partial charge in [0.15, 0.2) is 0 Å². The first-order chi connectivity index (χ1) is 7.65. The van der Waals surface area contributed by atoms with Gasteiger partial charge in [-0.3, -0.25) is 0 Å². The minimum Gasteiger partial charge on any atom is -0.361 e. The van der Waals surface area contributed by atoms with Crippen molar-refractivity contribution < 1.29 is 4.52 Å². The Balaban J connectivity index is 2.29. The van der Waals surface area contributed by atoms with Crippen LogP contribution >= 0.6 is 0 Å². The molecule has 16 heavy (non-hydrogen) atoms. The molecule has 1 fully saturated rings. The van der Waals surface area contributed by atoms with Crippen molar-refractivity contribution in [3.63, 3.8) is 0 Å². The largest absolute Gasteiger partial charge is 0.361 e. The van der Waals surface area contributed by atoms with Crippen molar-refractivity contribution in [1.82, 2.24) is 5.16 Å². The maximum absolute atomic E-state index is 5.60. The molecule has 2 heteroatoms. The standard InChI is InChI=1S/C14H23NO/c1-5-6-10(4)13-12(9(2)3)14(16-15-13)11-7-8-11/h9-11H,5-8H2,1-4H3. The van der Waals surface area contributed by atoms with Gasteiger partial charge in [-0.1, -0.05) is 39.3 Å². The van der Waals surface area contributed by atoms with E-state index in [0.29, 0.717) is 17.8 Å². The monoisotopic (exact) mass is 221 g/mol. The second-order valence-electron chi connectivity index (χ2n) is 5.46. The van der Waals surface area contributed by atoms with Crippen LogP contribution in [-0.2, 0) is 0 Å². The molecule has 0 amide bonds. The molecule has 0 bridgehead atoms. The second-order valence-corrected chi connectivity index (χ2v) is 5.46. The number of hydrogen-bond acceptors (Lipinski definition) is 2. The van der Waals surface area contributed by atoms with Crippen LogP contribution in [0.25, 0.3) is 0 Å². The van der Waals surface area contributed by atoms with E-state index in [1.54, 1.807) is 0 Å².